The maximum Gasteiger partial charge on any atom is 0.0635 e. The topological polar surface area (TPSA) is 14.8 Å². The molecule has 6 heteroatoms. The fraction of sp³-hybridized carbons (Fsp3) is 0.0189. The molecule has 8 aromatic carbocycles. The van der Waals surface area contributed by atoms with Gasteiger partial charge in [0, 0.05) is 63.5 Å². The van der Waals surface area contributed by atoms with Crippen molar-refractivity contribution < 1.29 is 0 Å². The second-order valence-electron chi connectivity index (χ2n) is 14.6. The van der Waals surface area contributed by atoms with Gasteiger partial charge >= 0.3 is 0 Å². The summed E-state index contributed by atoms with van der Waals surface area (Å²) in [7, 11) is 0. The molecule has 12 rings (SSSR count). The van der Waals surface area contributed by atoms with E-state index in [4.69, 9.17) is 0 Å². The minimum Gasteiger partial charge on any atom is -0.317 e. The van der Waals surface area contributed by atoms with Crippen LogP contribution >= 0.6 is 54.5 Å². The molecule has 0 spiro atoms. The largest absolute Gasteiger partial charge is 0.317 e. The summed E-state index contributed by atoms with van der Waals surface area (Å²) in [5.41, 5.74) is 14.1. The molecule has 0 fully saturated rings. The maximum atomic E-state index is 3.65. The Bertz CT molecular complexity index is 3260. The van der Waals surface area contributed by atoms with E-state index in [1.54, 1.807) is 0 Å². The van der Waals surface area contributed by atoms with E-state index in [0.717, 1.165) is 15.4 Å². The van der Waals surface area contributed by atoms with Crippen molar-refractivity contribution in [1.29, 1.82) is 0 Å². The average molecular weight is 1000 g/mol. The summed E-state index contributed by atoms with van der Waals surface area (Å²) in [6.45, 7) is 0. The Balaban J connectivity index is 0.000000125. The zero-order valence-corrected chi connectivity index (χ0v) is 37.1. The van der Waals surface area contributed by atoms with E-state index < -0.39 is 0 Å². The smallest absolute Gasteiger partial charge is 0.0635 e. The van der Waals surface area contributed by atoms with Gasteiger partial charge in [-0.25, -0.2) is 0 Å². The quantitative estimate of drug-likeness (QED) is 0.157. The molecule has 0 saturated heterocycles. The van der Waals surface area contributed by atoms with Crippen LogP contribution in [-0.4, -0.2) is 13.7 Å². The summed E-state index contributed by atoms with van der Waals surface area (Å²) < 4.78 is 10.5. The van der Waals surface area contributed by atoms with Crippen LogP contribution in [0.4, 0.5) is 0 Å². The van der Waals surface area contributed by atoms with Gasteiger partial charge in [-0.05, 0) is 154 Å². The van der Waals surface area contributed by atoms with Gasteiger partial charge in [0.15, 0.2) is 0 Å². The molecule has 0 saturated carbocycles. The highest BCUT2D eigenvalue weighted by molar-refractivity contribution is 14.1. The molecule has 3 heterocycles. The first-order valence-electron chi connectivity index (χ1n) is 19.5. The molecule has 3 nitrogen and oxygen atoms in total. The van der Waals surface area contributed by atoms with Crippen LogP contribution in [0.25, 0.3) is 71.8 Å². The van der Waals surface area contributed by atoms with Crippen molar-refractivity contribution in [1.82, 2.24) is 13.7 Å². The number of para-hydroxylation sites is 3. The Morgan fingerprint density at radius 2 is 0.932 bits per heavy atom. The summed E-state index contributed by atoms with van der Waals surface area (Å²) in [5, 5.41) is 5.14. The summed E-state index contributed by atoms with van der Waals surface area (Å²) in [5.74, 6) is 0. The Morgan fingerprint density at radius 1 is 0.407 bits per heavy atom. The van der Waals surface area contributed by atoms with Gasteiger partial charge in [0.25, 0.3) is 0 Å². The predicted molar refractivity (Wildman–Crippen MR) is 264 cm³/mol. The highest BCUT2D eigenvalue weighted by Crippen LogP contribution is 2.42. The van der Waals surface area contributed by atoms with Gasteiger partial charge in [0.1, 0.15) is 0 Å². The van der Waals surface area contributed by atoms with E-state index in [1.807, 2.05) is 18.2 Å². The van der Waals surface area contributed by atoms with E-state index in [1.165, 1.54) is 86.5 Å². The van der Waals surface area contributed by atoms with Gasteiger partial charge in [-0.15, -0.1) is 0 Å². The summed E-state index contributed by atoms with van der Waals surface area (Å²) in [6.07, 6.45) is 5.37. The summed E-state index contributed by atoms with van der Waals surface area (Å²) in [6, 6.07) is 68.5. The van der Waals surface area contributed by atoms with Gasteiger partial charge < -0.3 is 13.7 Å². The molecular weight excluding hydrogens is 965 g/mol. The number of hydrogen-bond acceptors (Lipinski definition) is 0. The Kier molecular flexibility index (Phi) is 10.3. The van der Waals surface area contributed by atoms with Crippen LogP contribution in [0, 0.1) is 3.57 Å². The molecule has 59 heavy (non-hydrogen) atoms. The zero-order valence-electron chi connectivity index (χ0n) is 31.8. The molecule has 0 amide bonds. The van der Waals surface area contributed by atoms with Crippen LogP contribution < -0.4 is 0 Å². The molecule has 0 unspecified atom stereocenters. The molecule has 284 valence electrons. The lowest BCUT2D eigenvalue weighted by Crippen LogP contribution is -1.94. The number of halogens is 3. The highest BCUT2D eigenvalue weighted by Gasteiger charge is 2.22. The highest BCUT2D eigenvalue weighted by atomic mass is 127. The van der Waals surface area contributed by atoms with Crippen molar-refractivity contribution in [3.63, 3.8) is 0 Å². The number of rotatable bonds is 3. The van der Waals surface area contributed by atoms with E-state index >= 15 is 0 Å². The molecule has 3 aromatic heterocycles. The van der Waals surface area contributed by atoms with Crippen LogP contribution in [0.15, 0.2) is 215 Å². The monoisotopic (exact) mass is 999 g/mol. The van der Waals surface area contributed by atoms with Gasteiger partial charge in [-0.3, -0.25) is 0 Å². The minimum absolute atomic E-state index is 1.02. The lowest BCUT2D eigenvalue weighted by Gasteiger charge is -2.09. The second-order valence-corrected chi connectivity index (χ2v) is 17.6. The van der Waals surface area contributed by atoms with Crippen LogP contribution in [0.2, 0.25) is 0 Å². The van der Waals surface area contributed by atoms with Crippen LogP contribution in [-0.2, 0) is 6.42 Å². The first kappa shape index (κ1) is 37.6. The molecule has 0 aliphatic heterocycles. The molecule has 1 aliphatic rings. The normalized spacial score (nSPS) is 11.6. The van der Waals surface area contributed by atoms with Crippen molar-refractivity contribution in [2.75, 3.05) is 0 Å². The minimum atomic E-state index is 1.02. The number of benzene rings is 8. The standard InChI is InChI=1S/C26H17BrN2.C21H14BrN.C6H5I/c27-18-11-13-25-23(17-18)21-12-14-24-22(15-16-28(24)19-7-3-1-4-8-19)26(21)29(25)20-9-5-2-6-10-20;22-15-7-6-14-12-20-17(19(14)13-15)8-9-21-18(20)10-11-23(21)16-4-2-1-3-5-16;7-6-4-2-1-3-5-6/h1-17H;1-11,13H,12H2;1-5H. The lowest BCUT2D eigenvalue weighted by molar-refractivity contribution is 1.13. The van der Waals surface area contributed by atoms with Crippen molar-refractivity contribution in [3.05, 3.63) is 230 Å². The van der Waals surface area contributed by atoms with Crippen molar-refractivity contribution in [2.24, 2.45) is 0 Å². The molecular formula is C53H36Br2IN3. The second kappa shape index (κ2) is 16.2. The fourth-order valence-corrected chi connectivity index (χ4v) is 9.59. The van der Waals surface area contributed by atoms with Crippen LogP contribution in [0.5, 0.6) is 0 Å². The Hall–Kier alpha value is -5.67. The first-order chi connectivity index (χ1) is 29.0. The van der Waals surface area contributed by atoms with Crippen LogP contribution in [0.3, 0.4) is 0 Å². The number of hydrogen-bond donors (Lipinski definition) is 0. The fourth-order valence-electron chi connectivity index (χ4n) is 8.45. The number of fused-ring (bicyclic) bond motifs is 10. The third kappa shape index (κ3) is 7.13. The van der Waals surface area contributed by atoms with Gasteiger partial charge in [0.2, 0.25) is 0 Å². The van der Waals surface area contributed by atoms with Gasteiger partial charge in [0.05, 0.1) is 22.1 Å². The van der Waals surface area contributed by atoms with Gasteiger partial charge in [-0.2, -0.15) is 0 Å². The molecule has 1 aliphatic carbocycles. The van der Waals surface area contributed by atoms with Crippen LogP contribution in [0.1, 0.15) is 11.1 Å². The van der Waals surface area contributed by atoms with Crippen molar-refractivity contribution in [2.45, 2.75) is 6.42 Å². The summed E-state index contributed by atoms with van der Waals surface area (Å²) in [4.78, 5) is 0. The van der Waals surface area contributed by atoms with Crippen molar-refractivity contribution in [3.8, 4) is 28.2 Å². The van der Waals surface area contributed by atoms with E-state index in [9.17, 15) is 0 Å². The third-order valence-corrected chi connectivity index (χ3v) is 12.8. The zero-order chi connectivity index (χ0) is 39.9. The molecule has 0 radical (unpaired) electrons. The average Bonchev–Trinajstić information content (AvgIpc) is 4.07. The van der Waals surface area contributed by atoms with Gasteiger partial charge in [-0.1, -0.05) is 123 Å². The van der Waals surface area contributed by atoms with E-state index in [-0.39, 0.29) is 0 Å². The molecule has 11 aromatic rings. The lowest BCUT2D eigenvalue weighted by atomic mass is 10.0. The van der Waals surface area contributed by atoms with E-state index in [2.05, 4.69) is 256 Å². The third-order valence-electron chi connectivity index (χ3n) is 11.1. The molecule has 0 atom stereocenters. The Morgan fingerprint density at radius 3 is 1.56 bits per heavy atom. The molecule has 0 N–H and O–H groups in total. The number of aromatic nitrogens is 3. The Labute approximate surface area is 373 Å². The maximum absolute atomic E-state index is 3.65. The summed E-state index contributed by atoms with van der Waals surface area (Å²) >= 11 is 9.53. The van der Waals surface area contributed by atoms with Crippen molar-refractivity contribution >= 4 is 98.1 Å². The number of nitrogens with zero attached hydrogens (tertiary/aromatic N) is 3. The first-order valence-corrected chi connectivity index (χ1v) is 22.2. The molecule has 0 bridgehead atoms. The predicted octanol–water partition coefficient (Wildman–Crippen LogP) is 15.7. The SMILES string of the molecule is Brc1ccc2c(c1)-c1ccc3c(ccn3-c3ccccc3)c1C2.Brc1ccc2c(c1)c1ccc3c(ccn3-c3ccccc3)c1n2-c1ccccc1.Ic1ccccc1. The van der Waals surface area contributed by atoms with E-state index in [0.29, 0.717) is 0 Å².